The van der Waals surface area contributed by atoms with E-state index in [0.717, 1.165) is 56.0 Å². The number of nitrogens with zero attached hydrogens (tertiary/aromatic N) is 1. The van der Waals surface area contributed by atoms with Crippen LogP contribution in [0, 0.1) is 11.8 Å². The molecule has 52 heavy (non-hydrogen) atoms. The van der Waals surface area contributed by atoms with Crippen LogP contribution in [0.25, 0.3) is 33.4 Å². The van der Waals surface area contributed by atoms with Crippen LogP contribution >= 0.6 is 0 Å². The summed E-state index contributed by atoms with van der Waals surface area (Å²) in [6.07, 6.45) is 0. The van der Waals surface area contributed by atoms with Gasteiger partial charge in [-0.2, -0.15) is 0 Å². The first kappa shape index (κ1) is 22.8. The van der Waals surface area contributed by atoms with Crippen molar-refractivity contribution in [2.24, 2.45) is 0 Å². The summed E-state index contributed by atoms with van der Waals surface area (Å²) in [6, 6.07) is 47.8. The molecule has 9 rings (SSSR count). The van der Waals surface area contributed by atoms with Gasteiger partial charge in [-0.15, -0.1) is 0 Å². The van der Waals surface area contributed by atoms with Gasteiger partial charge < -0.3 is 4.90 Å². The molecule has 0 bridgehead atoms. The molecule has 0 saturated carbocycles. The number of rotatable bonds is 6. The van der Waals surface area contributed by atoms with E-state index in [-0.39, 0.29) is 11.1 Å². The SMILES string of the molecule is [2H]c1c([2H])c([2H])c(-c2c([2H])c([2H])c(C#CC3(c4ccccc4)c4ccccc4-c4ccc(N(c5ccccc5)c5ccc(-c6ccccc6)cc5)cc43)c([2H])c2[2H])c([2H])c1[2H]. The van der Waals surface area contributed by atoms with Crippen LogP contribution in [0.3, 0.4) is 0 Å². The molecule has 0 amide bonds. The first-order valence-electron chi connectivity index (χ1n) is 21.5. The molecule has 244 valence electrons. The van der Waals surface area contributed by atoms with Crippen molar-refractivity contribution in [3.8, 4) is 45.2 Å². The molecule has 0 spiro atoms. The van der Waals surface area contributed by atoms with Gasteiger partial charge in [-0.1, -0.05) is 175 Å². The summed E-state index contributed by atoms with van der Waals surface area (Å²) in [5, 5.41) is 0. The van der Waals surface area contributed by atoms with Crippen LogP contribution in [0.15, 0.2) is 212 Å². The molecule has 1 nitrogen and oxygen atoms in total. The molecule has 1 aliphatic carbocycles. The van der Waals surface area contributed by atoms with Crippen LogP contribution in [0.2, 0.25) is 0 Å². The molecule has 1 unspecified atom stereocenters. The van der Waals surface area contributed by atoms with E-state index in [4.69, 9.17) is 12.3 Å². The first-order chi connectivity index (χ1) is 29.5. The molecule has 8 aromatic rings. The third-order valence-corrected chi connectivity index (χ3v) is 9.49. The Morgan fingerprint density at radius 2 is 0.981 bits per heavy atom. The van der Waals surface area contributed by atoms with Crippen LogP contribution in [-0.4, -0.2) is 0 Å². The number of hydrogen-bond acceptors (Lipinski definition) is 1. The van der Waals surface area contributed by atoms with Crippen molar-refractivity contribution in [1.29, 1.82) is 0 Å². The second-order valence-corrected chi connectivity index (χ2v) is 12.5. The number of benzene rings is 8. The lowest BCUT2D eigenvalue weighted by atomic mass is 9.72. The highest BCUT2D eigenvalue weighted by molar-refractivity contribution is 5.89. The van der Waals surface area contributed by atoms with Crippen molar-refractivity contribution < 1.29 is 12.3 Å². The molecule has 0 aliphatic heterocycles. The van der Waals surface area contributed by atoms with Gasteiger partial charge >= 0.3 is 0 Å². The smallest absolute Gasteiger partial charge is 0.108 e. The van der Waals surface area contributed by atoms with Gasteiger partial charge in [0.1, 0.15) is 5.41 Å². The molecule has 1 aliphatic rings. The largest absolute Gasteiger partial charge is 0.310 e. The summed E-state index contributed by atoms with van der Waals surface area (Å²) in [4.78, 5) is 2.20. The summed E-state index contributed by atoms with van der Waals surface area (Å²) >= 11 is 0. The fourth-order valence-corrected chi connectivity index (χ4v) is 7.10. The average Bonchev–Trinajstić information content (AvgIpc) is 3.59. The highest BCUT2D eigenvalue weighted by atomic mass is 15.1. The van der Waals surface area contributed by atoms with E-state index in [2.05, 4.69) is 89.5 Å². The summed E-state index contributed by atoms with van der Waals surface area (Å²) in [5.74, 6) is 6.64. The number of fused-ring (bicyclic) bond motifs is 3. The Balaban J connectivity index is 1.26. The normalized spacial score (nSPS) is 16.5. The highest BCUT2D eigenvalue weighted by Gasteiger charge is 2.44. The molecule has 0 aromatic heterocycles. The monoisotopic (exact) mass is 670 g/mol. The summed E-state index contributed by atoms with van der Waals surface area (Å²) < 4.78 is 77.8. The van der Waals surface area contributed by atoms with E-state index in [1.54, 1.807) is 0 Å². The molecule has 1 heteroatoms. The lowest BCUT2D eigenvalue weighted by molar-refractivity contribution is 0.837. The van der Waals surface area contributed by atoms with Crippen LogP contribution in [0.4, 0.5) is 17.1 Å². The first-order valence-corrected chi connectivity index (χ1v) is 17.0. The summed E-state index contributed by atoms with van der Waals surface area (Å²) in [6.45, 7) is 0. The van der Waals surface area contributed by atoms with Crippen LogP contribution < -0.4 is 4.90 Å². The molecule has 0 saturated heterocycles. The van der Waals surface area contributed by atoms with Gasteiger partial charge in [0.15, 0.2) is 0 Å². The summed E-state index contributed by atoms with van der Waals surface area (Å²) in [7, 11) is 0. The van der Waals surface area contributed by atoms with E-state index in [9.17, 15) is 0 Å². The van der Waals surface area contributed by atoms with Gasteiger partial charge in [0, 0.05) is 22.6 Å². The zero-order valence-electron chi connectivity index (χ0n) is 37.0. The second-order valence-electron chi connectivity index (χ2n) is 12.5. The number of anilines is 3. The molecular formula is C51H35N. The molecule has 0 radical (unpaired) electrons. The standard InChI is InChI=1S/C51H35N/c1-5-15-39(16-6-1)41-27-25-38(26-28-41)35-36-51(43-19-9-3-10-20-43)49-24-14-13-23-47(49)48-34-33-46(37-50(48)51)52(44-21-11-4-12-22-44)45-31-29-42(30-32-45)40-17-7-2-8-18-40/h1-34,37H/i1D,5D,6D,15D,16D,25D,26D,27D,28D. The van der Waals surface area contributed by atoms with Crippen molar-refractivity contribution in [3.05, 3.63) is 234 Å². The Bertz CT molecular complexity index is 3010. The van der Waals surface area contributed by atoms with Crippen molar-refractivity contribution in [2.75, 3.05) is 4.90 Å². The van der Waals surface area contributed by atoms with Gasteiger partial charge in [0.25, 0.3) is 0 Å². The average molecular weight is 671 g/mol. The van der Waals surface area contributed by atoms with Gasteiger partial charge in [-0.3, -0.25) is 0 Å². The zero-order valence-corrected chi connectivity index (χ0v) is 28.0. The molecule has 0 heterocycles. The van der Waals surface area contributed by atoms with Gasteiger partial charge in [-0.25, -0.2) is 0 Å². The van der Waals surface area contributed by atoms with E-state index in [1.807, 2.05) is 84.9 Å². The van der Waals surface area contributed by atoms with Crippen LogP contribution in [0.5, 0.6) is 0 Å². The maximum absolute atomic E-state index is 9.14. The fourth-order valence-electron chi connectivity index (χ4n) is 7.10. The highest BCUT2D eigenvalue weighted by Crippen LogP contribution is 2.54. The van der Waals surface area contributed by atoms with E-state index in [1.165, 1.54) is 0 Å². The maximum atomic E-state index is 9.14. The topological polar surface area (TPSA) is 3.24 Å². The van der Waals surface area contributed by atoms with Crippen molar-refractivity contribution in [1.82, 2.24) is 0 Å². The molecule has 8 aromatic carbocycles. The Morgan fingerprint density at radius 3 is 1.71 bits per heavy atom. The molecule has 1 atom stereocenters. The lowest BCUT2D eigenvalue weighted by Gasteiger charge is -2.30. The predicted octanol–water partition coefficient (Wildman–Crippen LogP) is 12.9. The van der Waals surface area contributed by atoms with Crippen molar-refractivity contribution in [2.45, 2.75) is 5.41 Å². The molecular weight excluding hydrogens is 627 g/mol. The maximum Gasteiger partial charge on any atom is 0.108 e. The minimum Gasteiger partial charge on any atom is -0.310 e. The minimum absolute atomic E-state index is 0.173. The van der Waals surface area contributed by atoms with Crippen LogP contribution in [0.1, 0.15) is 34.6 Å². The Kier molecular flexibility index (Phi) is 5.88. The molecule has 0 fully saturated rings. The molecule has 0 N–H and O–H groups in total. The zero-order chi connectivity index (χ0) is 42.6. The minimum atomic E-state index is -1.14. The Morgan fingerprint density at radius 1 is 0.423 bits per heavy atom. The van der Waals surface area contributed by atoms with Crippen molar-refractivity contribution in [3.63, 3.8) is 0 Å². The lowest BCUT2D eigenvalue weighted by Crippen LogP contribution is -2.25. The fraction of sp³-hybridized carbons (Fsp3) is 0.0196. The Labute approximate surface area is 318 Å². The van der Waals surface area contributed by atoms with E-state index < -0.39 is 65.4 Å². The second kappa shape index (κ2) is 13.4. The van der Waals surface area contributed by atoms with E-state index >= 15 is 0 Å². The van der Waals surface area contributed by atoms with Crippen LogP contribution in [-0.2, 0) is 5.41 Å². The van der Waals surface area contributed by atoms with Gasteiger partial charge in [-0.05, 0) is 98.6 Å². The third-order valence-electron chi connectivity index (χ3n) is 9.49. The van der Waals surface area contributed by atoms with Gasteiger partial charge in [0.05, 0.1) is 12.3 Å². The quantitative estimate of drug-likeness (QED) is 0.159. The Hall–Kier alpha value is -6.88. The van der Waals surface area contributed by atoms with E-state index in [0.29, 0.717) is 0 Å². The van der Waals surface area contributed by atoms with Gasteiger partial charge in [0.2, 0.25) is 0 Å². The summed E-state index contributed by atoms with van der Waals surface area (Å²) in [5.41, 5.74) is 7.43. The third kappa shape index (κ3) is 5.58. The number of para-hydroxylation sites is 1. The van der Waals surface area contributed by atoms with Crippen molar-refractivity contribution >= 4 is 17.1 Å². The predicted molar refractivity (Wildman–Crippen MR) is 217 cm³/mol. The number of hydrogen-bond donors (Lipinski definition) is 0.